The Morgan fingerprint density at radius 1 is 1.29 bits per heavy atom. The van der Waals surface area contributed by atoms with Gasteiger partial charge in [-0.2, -0.15) is 0 Å². The average molecular weight is 259 g/mol. The molecule has 2 fully saturated rings. The Balaban J connectivity index is 1.76. The molecule has 0 nitrogen and oxygen atoms in total. The quantitative estimate of drug-likeness (QED) is 0.632. The lowest BCUT2D eigenvalue weighted by molar-refractivity contribution is 0.269. The van der Waals surface area contributed by atoms with E-state index in [0.29, 0.717) is 5.41 Å². The summed E-state index contributed by atoms with van der Waals surface area (Å²) in [6, 6.07) is 0. The molecule has 2 aliphatic carbocycles. The van der Waals surface area contributed by atoms with Crippen molar-refractivity contribution in [3.8, 4) is 0 Å². The molecule has 0 aromatic heterocycles. The Bertz CT molecular complexity index is 187. The molecule has 0 bridgehead atoms. The Hall–Kier alpha value is 0.480. The highest BCUT2D eigenvalue weighted by molar-refractivity contribution is 9.09. The van der Waals surface area contributed by atoms with Crippen molar-refractivity contribution in [2.75, 3.05) is 5.33 Å². The third kappa shape index (κ3) is 2.35. The van der Waals surface area contributed by atoms with Crippen molar-refractivity contribution in [3.05, 3.63) is 0 Å². The molecule has 82 valence electrons. The van der Waals surface area contributed by atoms with Crippen LogP contribution in [0, 0.1) is 23.2 Å². The molecule has 0 aromatic carbocycles. The molecule has 0 radical (unpaired) electrons. The van der Waals surface area contributed by atoms with E-state index in [9.17, 15) is 0 Å². The largest absolute Gasteiger partial charge is 0.0922 e. The highest BCUT2D eigenvalue weighted by Gasteiger charge is 2.52. The fraction of sp³-hybridized carbons (Fsp3) is 1.00. The third-order valence-corrected chi connectivity index (χ3v) is 5.42. The maximum atomic E-state index is 3.75. The monoisotopic (exact) mass is 258 g/mol. The van der Waals surface area contributed by atoms with Crippen LogP contribution in [-0.2, 0) is 0 Å². The predicted molar refractivity (Wildman–Crippen MR) is 65.7 cm³/mol. The molecule has 0 saturated heterocycles. The number of fused-ring (bicyclic) bond motifs is 1. The summed E-state index contributed by atoms with van der Waals surface area (Å²) in [5.41, 5.74) is 0.711. The Morgan fingerprint density at radius 3 is 2.43 bits per heavy atom. The number of hydrogen-bond donors (Lipinski definition) is 0. The molecule has 0 spiro atoms. The molecule has 14 heavy (non-hydrogen) atoms. The van der Waals surface area contributed by atoms with E-state index in [1.807, 2.05) is 0 Å². The maximum Gasteiger partial charge on any atom is 0.00881 e. The molecule has 0 heterocycles. The lowest BCUT2D eigenvalue weighted by Crippen LogP contribution is -2.20. The zero-order valence-corrected chi connectivity index (χ0v) is 11.1. The van der Waals surface area contributed by atoms with E-state index in [0.717, 1.165) is 17.8 Å². The molecular weight excluding hydrogens is 236 g/mol. The van der Waals surface area contributed by atoms with E-state index in [1.54, 1.807) is 6.42 Å². The number of rotatable bonds is 5. The van der Waals surface area contributed by atoms with Crippen molar-refractivity contribution in [2.45, 2.75) is 52.4 Å². The van der Waals surface area contributed by atoms with Gasteiger partial charge in [-0.25, -0.2) is 0 Å². The molecule has 2 unspecified atom stereocenters. The molecule has 2 aliphatic rings. The zero-order chi connectivity index (χ0) is 10.2. The minimum Gasteiger partial charge on any atom is -0.0922 e. The minimum absolute atomic E-state index is 0.711. The number of halogens is 1. The first-order valence-corrected chi connectivity index (χ1v) is 7.33. The number of hydrogen-bond acceptors (Lipinski definition) is 0. The first-order valence-electron chi connectivity index (χ1n) is 6.21. The molecule has 1 heteroatoms. The fourth-order valence-corrected chi connectivity index (χ4v) is 4.01. The zero-order valence-electron chi connectivity index (χ0n) is 9.56. The average Bonchev–Trinajstić information content (AvgIpc) is 2.74. The second-order valence-electron chi connectivity index (χ2n) is 6.08. The van der Waals surface area contributed by atoms with Gasteiger partial charge in [0, 0.05) is 5.33 Å². The van der Waals surface area contributed by atoms with Crippen LogP contribution in [0.5, 0.6) is 0 Å². The maximum absolute atomic E-state index is 3.75. The van der Waals surface area contributed by atoms with Gasteiger partial charge in [-0.3, -0.25) is 0 Å². The second-order valence-corrected chi connectivity index (χ2v) is 6.64. The van der Waals surface area contributed by atoms with Gasteiger partial charge in [-0.05, 0) is 48.9 Å². The normalized spacial score (nSPS) is 40.3. The van der Waals surface area contributed by atoms with Gasteiger partial charge >= 0.3 is 0 Å². The van der Waals surface area contributed by atoms with Crippen molar-refractivity contribution < 1.29 is 0 Å². The molecule has 0 N–H and O–H groups in total. The summed E-state index contributed by atoms with van der Waals surface area (Å²) in [4.78, 5) is 0. The lowest BCUT2D eigenvalue weighted by atomic mass is 9.80. The van der Waals surface area contributed by atoms with E-state index in [-0.39, 0.29) is 0 Å². The summed E-state index contributed by atoms with van der Waals surface area (Å²) in [5, 5.41) is 1.26. The first-order chi connectivity index (χ1) is 6.65. The van der Waals surface area contributed by atoms with Crippen molar-refractivity contribution in [3.63, 3.8) is 0 Å². The minimum atomic E-state index is 0.711. The van der Waals surface area contributed by atoms with Crippen molar-refractivity contribution in [1.29, 1.82) is 0 Å². The van der Waals surface area contributed by atoms with Gasteiger partial charge < -0.3 is 0 Å². The molecule has 0 amide bonds. The summed E-state index contributed by atoms with van der Waals surface area (Å²) in [5.74, 6) is 3.15. The summed E-state index contributed by atoms with van der Waals surface area (Å²) in [7, 11) is 0. The smallest absolute Gasteiger partial charge is 0.00881 e. The van der Waals surface area contributed by atoms with Gasteiger partial charge in [0.05, 0.1) is 0 Å². The van der Waals surface area contributed by atoms with Crippen LogP contribution < -0.4 is 0 Å². The summed E-state index contributed by atoms with van der Waals surface area (Å²) in [6.45, 7) is 4.68. The summed E-state index contributed by atoms with van der Waals surface area (Å²) < 4.78 is 0. The van der Waals surface area contributed by atoms with Crippen LogP contribution in [0.2, 0.25) is 0 Å². The SMILES string of the molecule is CC(C)CCCC1(CBr)CC2CC2C1. The molecule has 2 atom stereocenters. The third-order valence-electron chi connectivity index (χ3n) is 4.23. The summed E-state index contributed by atoms with van der Waals surface area (Å²) in [6.07, 6.45) is 8.96. The molecular formula is C13H23Br. The van der Waals surface area contributed by atoms with Gasteiger partial charge in [0.15, 0.2) is 0 Å². The van der Waals surface area contributed by atoms with Crippen LogP contribution in [0.25, 0.3) is 0 Å². The molecule has 0 aliphatic heterocycles. The van der Waals surface area contributed by atoms with Crippen molar-refractivity contribution >= 4 is 15.9 Å². The predicted octanol–water partition coefficient (Wildman–Crippen LogP) is 4.62. The van der Waals surface area contributed by atoms with Gasteiger partial charge in [0.25, 0.3) is 0 Å². The van der Waals surface area contributed by atoms with Crippen LogP contribution in [0.1, 0.15) is 52.4 Å². The Morgan fingerprint density at radius 2 is 1.93 bits per heavy atom. The second kappa shape index (κ2) is 4.15. The van der Waals surface area contributed by atoms with Crippen molar-refractivity contribution in [1.82, 2.24) is 0 Å². The standard InChI is InChI=1S/C13H23Br/c1-10(2)4-3-5-13(9-14)7-11-6-12(11)8-13/h10-12H,3-9H2,1-2H3. The van der Waals surface area contributed by atoms with Crippen LogP contribution in [0.4, 0.5) is 0 Å². The highest BCUT2D eigenvalue weighted by atomic mass is 79.9. The van der Waals surface area contributed by atoms with Crippen LogP contribution >= 0.6 is 15.9 Å². The molecule has 2 saturated carbocycles. The van der Waals surface area contributed by atoms with Gasteiger partial charge in [-0.15, -0.1) is 0 Å². The fourth-order valence-electron chi connectivity index (χ4n) is 3.27. The van der Waals surface area contributed by atoms with Crippen LogP contribution in [0.15, 0.2) is 0 Å². The molecule has 0 aromatic rings. The Labute approximate surface area is 97.0 Å². The van der Waals surface area contributed by atoms with E-state index < -0.39 is 0 Å². The van der Waals surface area contributed by atoms with Gasteiger partial charge in [0.2, 0.25) is 0 Å². The number of alkyl halides is 1. The van der Waals surface area contributed by atoms with Gasteiger partial charge in [-0.1, -0.05) is 42.6 Å². The van der Waals surface area contributed by atoms with E-state index in [1.165, 1.54) is 37.4 Å². The van der Waals surface area contributed by atoms with Crippen molar-refractivity contribution in [2.24, 2.45) is 23.2 Å². The summed E-state index contributed by atoms with van der Waals surface area (Å²) >= 11 is 3.75. The van der Waals surface area contributed by atoms with Crippen LogP contribution in [-0.4, -0.2) is 5.33 Å². The van der Waals surface area contributed by atoms with E-state index in [4.69, 9.17) is 0 Å². The van der Waals surface area contributed by atoms with Gasteiger partial charge in [0.1, 0.15) is 0 Å². The lowest BCUT2D eigenvalue weighted by Gasteiger charge is -2.29. The Kier molecular flexibility index (Phi) is 3.26. The van der Waals surface area contributed by atoms with E-state index >= 15 is 0 Å². The topological polar surface area (TPSA) is 0 Å². The van der Waals surface area contributed by atoms with E-state index in [2.05, 4.69) is 29.8 Å². The molecule has 2 rings (SSSR count). The van der Waals surface area contributed by atoms with Crippen LogP contribution in [0.3, 0.4) is 0 Å². The highest BCUT2D eigenvalue weighted by Crippen LogP contribution is 2.61. The first kappa shape index (κ1) is 11.0.